The third-order valence-electron chi connectivity index (χ3n) is 3.54. The van der Waals surface area contributed by atoms with Crippen molar-refractivity contribution in [2.45, 2.75) is 18.8 Å². The summed E-state index contributed by atoms with van der Waals surface area (Å²) in [6, 6.07) is 0. The molecule has 104 valence electrons. The van der Waals surface area contributed by atoms with Gasteiger partial charge in [0.15, 0.2) is 0 Å². The summed E-state index contributed by atoms with van der Waals surface area (Å²) in [5, 5.41) is 4.10. The zero-order valence-electron chi connectivity index (χ0n) is 11.1. The second-order valence-electron chi connectivity index (χ2n) is 5.20. The summed E-state index contributed by atoms with van der Waals surface area (Å²) in [6.45, 7) is 3.77. The van der Waals surface area contributed by atoms with E-state index in [1.807, 2.05) is 16.8 Å². The van der Waals surface area contributed by atoms with Crippen LogP contribution in [-0.4, -0.2) is 59.9 Å². The van der Waals surface area contributed by atoms with Crippen molar-refractivity contribution in [1.29, 1.82) is 0 Å². The minimum atomic E-state index is 0.173. The van der Waals surface area contributed by atoms with E-state index in [9.17, 15) is 4.79 Å². The van der Waals surface area contributed by atoms with E-state index in [4.69, 9.17) is 0 Å². The summed E-state index contributed by atoms with van der Waals surface area (Å²) >= 11 is 1.40. The van der Waals surface area contributed by atoms with E-state index < -0.39 is 0 Å². The molecule has 1 aromatic rings. The second kappa shape index (κ2) is 5.42. The third kappa shape index (κ3) is 3.03. The average molecular weight is 281 g/mol. The summed E-state index contributed by atoms with van der Waals surface area (Å²) in [5.41, 5.74) is 0. The lowest BCUT2D eigenvalue weighted by Crippen LogP contribution is -2.49. The first-order valence-corrected chi connectivity index (χ1v) is 7.54. The molecule has 1 aliphatic carbocycles. The summed E-state index contributed by atoms with van der Waals surface area (Å²) in [5.74, 6) is 1.70. The van der Waals surface area contributed by atoms with Gasteiger partial charge in [-0.25, -0.2) is 4.98 Å². The Balaban J connectivity index is 1.56. The minimum absolute atomic E-state index is 0.173. The Bertz CT molecular complexity index is 453. The first kappa shape index (κ1) is 12.8. The van der Waals surface area contributed by atoms with Crippen LogP contribution in [0.25, 0.3) is 0 Å². The van der Waals surface area contributed by atoms with Gasteiger partial charge in [-0.15, -0.1) is 0 Å². The molecule has 0 aromatic carbocycles. The van der Waals surface area contributed by atoms with Crippen LogP contribution in [0.3, 0.4) is 0 Å². The molecular weight excluding hydrogens is 262 g/mol. The van der Waals surface area contributed by atoms with E-state index in [0.29, 0.717) is 12.5 Å². The predicted octanol–water partition coefficient (Wildman–Crippen LogP) is 0.283. The molecule has 1 amide bonds. The maximum atomic E-state index is 12.1. The number of piperazine rings is 1. The Kier molecular flexibility index (Phi) is 3.65. The zero-order valence-corrected chi connectivity index (χ0v) is 11.9. The zero-order chi connectivity index (χ0) is 13.2. The number of hydrogen-bond acceptors (Lipinski definition) is 6. The average Bonchev–Trinajstić information content (AvgIpc) is 3.17. The molecule has 2 fully saturated rings. The van der Waals surface area contributed by atoms with Gasteiger partial charge in [0.25, 0.3) is 0 Å². The number of likely N-dealkylation sites (N-methyl/N-ethyl adjacent to an activating group) is 1. The lowest BCUT2D eigenvalue weighted by molar-refractivity contribution is -0.130. The standard InChI is InChI=1S/C12H19N5OS/c1-16(8-10(18)17-6-4-13-5-7-17)12-14-11(15-19-12)9-2-3-9/h9,13H,2-8H2,1H3. The van der Waals surface area contributed by atoms with E-state index in [2.05, 4.69) is 14.7 Å². The normalized spacial score (nSPS) is 19.5. The van der Waals surface area contributed by atoms with Crippen LogP contribution < -0.4 is 10.2 Å². The van der Waals surface area contributed by atoms with Gasteiger partial charge in [0, 0.05) is 50.7 Å². The van der Waals surface area contributed by atoms with Gasteiger partial charge in [-0.1, -0.05) is 0 Å². The third-order valence-corrected chi connectivity index (χ3v) is 4.39. The molecule has 1 aromatic heterocycles. The molecule has 2 heterocycles. The van der Waals surface area contributed by atoms with E-state index in [-0.39, 0.29) is 5.91 Å². The van der Waals surface area contributed by atoms with Crippen molar-refractivity contribution in [3.63, 3.8) is 0 Å². The van der Waals surface area contributed by atoms with Crippen LogP contribution in [0.4, 0.5) is 5.13 Å². The van der Waals surface area contributed by atoms with Gasteiger partial charge in [0.2, 0.25) is 11.0 Å². The molecule has 19 heavy (non-hydrogen) atoms. The van der Waals surface area contributed by atoms with Crippen LogP contribution in [0.15, 0.2) is 0 Å². The highest BCUT2D eigenvalue weighted by molar-refractivity contribution is 7.09. The highest BCUT2D eigenvalue weighted by Gasteiger charge is 2.28. The topological polar surface area (TPSA) is 61.4 Å². The Hall–Kier alpha value is -1.21. The Labute approximate surface area is 117 Å². The SMILES string of the molecule is CN(CC(=O)N1CCNCC1)c1nc(C2CC2)ns1. The first-order valence-electron chi connectivity index (χ1n) is 6.77. The smallest absolute Gasteiger partial charge is 0.242 e. The quantitative estimate of drug-likeness (QED) is 0.859. The molecule has 0 unspecified atom stereocenters. The van der Waals surface area contributed by atoms with Crippen LogP contribution >= 0.6 is 11.5 Å². The van der Waals surface area contributed by atoms with Crippen LogP contribution in [-0.2, 0) is 4.79 Å². The van der Waals surface area contributed by atoms with Crippen LogP contribution in [0, 0.1) is 0 Å². The molecule has 0 radical (unpaired) electrons. The number of carbonyl (C=O) groups excluding carboxylic acids is 1. The molecule has 0 bridgehead atoms. The van der Waals surface area contributed by atoms with Crippen LogP contribution in [0.5, 0.6) is 0 Å². The summed E-state index contributed by atoms with van der Waals surface area (Å²) in [7, 11) is 1.91. The van der Waals surface area contributed by atoms with Crippen molar-refractivity contribution in [2.24, 2.45) is 0 Å². The minimum Gasteiger partial charge on any atom is -0.341 e. The number of amides is 1. The van der Waals surface area contributed by atoms with Crippen LogP contribution in [0.2, 0.25) is 0 Å². The van der Waals surface area contributed by atoms with Gasteiger partial charge < -0.3 is 15.1 Å². The summed E-state index contributed by atoms with van der Waals surface area (Å²) in [6.07, 6.45) is 2.42. The van der Waals surface area contributed by atoms with Crippen LogP contribution in [0.1, 0.15) is 24.6 Å². The Morgan fingerprint density at radius 1 is 1.47 bits per heavy atom. The maximum absolute atomic E-state index is 12.1. The molecule has 3 rings (SSSR count). The van der Waals surface area contributed by atoms with Crippen molar-refractivity contribution in [3.05, 3.63) is 5.82 Å². The van der Waals surface area contributed by atoms with Crippen molar-refractivity contribution in [3.8, 4) is 0 Å². The van der Waals surface area contributed by atoms with Crippen molar-refractivity contribution in [1.82, 2.24) is 19.6 Å². The Morgan fingerprint density at radius 2 is 2.21 bits per heavy atom. The molecule has 2 aliphatic rings. The first-order chi connectivity index (χ1) is 9.24. The van der Waals surface area contributed by atoms with E-state index in [1.54, 1.807) is 0 Å². The fraction of sp³-hybridized carbons (Fsp3) is 0.750. The molecule has 1 N–H and O–H groups in total. The van der Waals surface area contributed by atoms with Gasteiger partial charge >= 0.3 is 0 Å². The molecule has 0 spiro atoms. The van der Waals surface area contributed by atoms with Gasteiger partial charge in [-0.2, -0.15) is 4.37 Å². The highest BCUT2D eigenvalue weighted by atomic mass is 32.1. The summed E-state index contributed by atoms with van der Waals surface area (Å²) in [4.78, 5) is 20.5. The van der Waals surface area contributed by atoms with Gasteiger partial charge in [0.1, 0.15) is 5.82 Å². The van der Waals surface area contributed by atoms with Crippen molar-refractivity contribution >= 4 is 22.6 Å². The van der Waals surface area contributed by atoms with E-state index >= 15 is 0 Å². The molecule has 1 saturated carbocycles. The monoisotopic (exact) mass is 281 g/mol. The van der Waals surface area contributed by atoms with E-state index in [0.717, 1.165) is 37.1 Å². The predicted molar refractivity (Wildman–Crippen MR) is 74.6 cm³/mol. The molecule has 1 aliphatic heterocycles. The van der Waals surface area contributed by atoms with Crippen molar-refractivity contribution in [2.75, 3.05) is 44.7 Å². The second-order valence-corrected chi connectivity index (χ2v) is 5.93. The fourth-order valence-corrected chi connectivity index (χ4v) is 2.88. The highest BCUT2D eigenvalue weighted by Crippen LogP contribution is 2.39. The number of aromatic nitrogens is 2. The van der Waals surface area contributed by atoms with Gasteiger partial charge in [0.05, 0.1) is 6.54 Å². The lowest BCUT2D eigenvalue weighted by Gasteiger charge is -2.29. The molecule has 0 atom stereocenters. The molecule has 7 heteroatoms. The molecular formula is C12H19N5OS. The number of carbonyl (C=O) groups is 1. The number of anilines is 1. The maximum Gasteiger partial charge on any atom is 0.242 e. The number of nitrogens with zero attached hydrogens (tertiary/aromatic N) is 4. The Morgan fingerprint density at radius 3 is 2.89 bits per heavy atom. The fourth-order valence-electron chi connectivity index (χ4n) is 2.17. The van der Waals surface area contributed by atoms with Crippen molar-refractivity contribution < 1.29 is 4.79 Å². The number of nitrogens with one attached hydrogen (secondary N) is 1. The summed E-state index contributed by atoms with van der Waals surface area (Å²) < 4.78 is 4.37. The number of hydrogen-bond donors (Lipinski definition) is 1. The van der Waals surface area contributed by atoms with Gasteiger partial charge in [-0.3, -0.25) is 4.79 Å². The molecule has 1 saturated heterocycles. The largest absolute Gasteiger partial charge is 0.341 e. The molecule has 6 nitrogen and oxygen atoms in total. The number of rotatable bonds is 4. The lowest BCUT2D eigenvalue weighted by atomic mass is 10.3. The van der Waals surface area contributed by atoms with Gasteiger partial charge in [-0.05, 0) is 12.8 Å². The van der Waals surface area contributed by atoms with E-state index in [1.165, 1.54) is 24.4 Å².